The van der Waals surface area contributed by atoms with Gasteiger partial charge >= 0.3 is 5.97 Å². The number of nitrogens with zero attached hydrogens (tertiary/aromatic N) is 2. The van der Waals surface area contributed by atoms with Crippen LogP contribution in [0.25, 0.3) is 10.9 Å². The molecule has 3 atom stereocenters. The van der Waals surface area contributed by atoms with Crippen molar-refractivity contribution in [2.75, 3.05) is 26.7 Å². The highest BCUT2D eigenvalue weighted by atomic mass is 35.5. The Kier molecular flexibility index (Phi) is 9.54. The summed E-state index contributed by atoms with van der Waals surface area (Å²) in [4.78, 5) is 17.8. The van der Waals surface area contributed by atoms with Crippen LogP contribution in [0.2, 0.25) is 5.02 Å². The van der Waals surface area contributed by atoms with Crippen LogP contribution in [-0.2, 0) is 4.79 Å². The second kappa shape index (κ2) is 13.0. The Bertz CT molecular complexity index is 1320. The molecule has 38 heavy (non-hydrogen) atoms. The Morgan fingerprint density at radius 3 is 2.84 bits per heavy atom. The molecule has 3 aromatic rings. The molecule has 1 saturated heterocycles. The van der Waals surface area contributed by atoms with Crippen LogP contribution >= 0.6 is 11.6 Å². The van der Waals surface area contributed by atoms with Crippen molar-refractivity contribution in [1.29, 1.82) is 0 Å². The molecule has 1 aromatic heterocycles. The van der Waals surface area contributed by atoms with Crippen LogP contribution in [0.1, 0.15) is 49.4 Å². The maximum Gasteiger partial charge on any atom is 0.303 e. The van der Waals surface area contributed by atoms with E-state index in [4.69, 9.17) is 16.3 Å². The Hall–Kier alpha value is -3.21. The summed E-state index contributed by atoms with van der Waals surface area (Å²) in [5.41, 5.74) is 1.84. The van der Waals surface area contributed by atoms with E-state index in [0.29, 0.717) is 54.3 Å². The number of fused-ring (bicyclic) bond motifs is 1. The van der Waals surface area contributed by atoms with Gasteiger partial charge in [0, 0.05) is 35.1 Å². The van der Waals surface area contributed by atoms with Crippen molar-refractivity contribution in [3.63, 3.8) is 0 Å². The predicted molar refractivity (Wildman–Crippen MR) is 145 cm³/mol. The third-order valence-corrected chi connectivity index (χ3v) is 7.43. The van der Waals surface area contributed by atoms with E-state index < -0.39 is 18.0 Å². The van der Waals surface area contributed by atoms with E-state index in [9.17, 15) is 14.3 Å². The lowest BCUT2D eigenvalue weighted by Gasteiger charge is -2.38. The Morgan fingerprint density at radius 2 is 2.08 bits per heavy atom. The molecule has 0 aliphatic carbocycles. The number of pyridine rings is 1. The number of alkyl halides is 1. The van der Waals surface area contributed by atoms with Crippen LogP contribution in [0.3, 0.4) is 0 Å². The summed E-state index contributed by atoms with van der Waals surface area (Å²) < 4.78 is 34.4. The molecule has 200 valence electrons. The maximum absolute atomic E-state index is 15.5. The van der Waals surface area contributed by atoms with Gasteiger partial charge in [0.15, 0.2) is 0 Å². The van der Waals surface area contributed by atoms with Gasteiger partial charge in [0.25, 0.3) is 0 Å². The summed E-state index contributed by atoms with van der Waals surface area (Å²) in [5.74, 6) is 5.79. The van der Waals surface area contributed by atoms with Gasteiger partial charge in [-0.2, -0.15) is 0 Å². The van der Waals surface area contributed by atoms with Crippen LogP contribution in [0, 0.1) is 29.5 Å². The van der Waals surface area contributed by atoms with Crippen LogP contribution in [0.4, 0.5) is 8.78 Å². The standard InChI is InChI=1S/C30H31ClF2N2O3/c1-38-25-6-8-29-27(18-25)26(10-12-34-29)28(33)7-4-21-11-14-35(19-22(21)5-9-30(36)37)13-2-3-20-15-23(31)17-24(32)16-20/h6,8,10,12,15-18,21-22,28H,4-5,7,9,11,13-14,19H2,1H3,(H,36,37)/t21-,22+,28?/m1/s1. The molecule has 1 aliphatic rings. The molecule has 1 N–H and O–H groups in total. The molecule has 1 unspecified atom stereocenters. The topological polar surface area (TPSA) is 62.7 Å². The van der Waals surface area contributed by atoms with E-state index >= 15 is 4.39 Å². The van der Waals surface area contributed by atoms with E-state index in [-0.39, 0.29) is 18.3 Å². The molecule has 0 saturated carbocycles. The largest absolute Gasteiger partial charge is 0.497 e. The maximum atomic E-state index is 15.5. The number of benzene rings is 2. The van der Waals surface area contributed by atoms with Gasteiger partial charge in [-0.05, 0) is 92.1 Å². The number of hydrogen-bond donors (Lipinski definition) is 1. The van der Waals surface area contributed by atoms with Crippen molar-refractivity contribution >= 4 is 28.5 Å². The average molecular weight is 541 g/mol. The summed E-state index contributed by atoms with van der Waals surface area (Å²) >= 11 is 5.90. The van der Waals surface area contributed by atoms with Crippen LogP contribution < -0.4 is 4.74 Å². The monoisotopic (exact) mass is 540 g/mol. The third kappa shape index (κ3) is 7.43. The molecular weight excluding hydrogens is 510 g/mol. The van der Waals surface area contributed by atoms with Gasteiger partial charge in [-0.15, -0.1) is 0 Å². The lowest BCUT2D eigenvalue weighted by atomic mass is 9.79. The van der Waals surface area contributed by atoms with E-state index in [1.54, 1.807) is 25.4 Å². The van der Waals surface area contributed by atoms with Gasteiger partial charge in [-0.3, -0.25) is 14.7 Å². The van der Waals surface area contributed by atoms with Gasteiger partial charge in [-0.1, -0.05) is 23.4 Å². The summed E-state index contributed by atoms with van der Waals surface area (Å²) in [5, 5.41) is 10.3. The Balaban J connectivity index is 1.40. The van der Waals surface area contributed by atoms with Crippen molar-refractivity contribution in [2.24, 2.45) is 11.8 Å². The fourth-order valence-electron chi connectivity index (χ4n) is 5.26. The number of likely N-dealkylation sites (tertiary alicyclic amines) is 1. The number of ether oxygens (including phenoxy) is 1. The zero-order chi connectivity index (χ0) is 27.1. The SMILES string of the molecule is COc1ccc2nccc(C(F)CC[C@@H]3CCN(CC#Cc4cc(F)cc(Cl)c4)C[C@@H]3CCC(=O)O)c2c1. The number of rotatable bonds is 9. The number of halogens is 3. The van der Waals surface area contributed by atoms with Gasteiger partial charge in [-0.25, -0.2) is 8.78 Å². The molecule has 0 bridgehead atoms. The number of carboxylic acids is 1. The normalized spacial score (nSPS) is 18.5. The summed E-state index contributed by atoms with van der Waals surface area (Å²) in [6, 6.07) is 11.4. The second-order valence-corrected chi connectivity index (χ2v) is 10.2. The van der Waals surface area contributed by atoms with Crippen molar-refractivity contribution in [3.8, 4) is 17.6 Å². The minimum atomic E-state index is -1.16. The smallest absolute Gasteiger partial charge is 0.303 e. The van der Waals surface area contributed by atoms with Gasteiger partial charge < -0.3 is 9.84 Å². The summed E-state index contributed by atoms with van der Waals surface area (Å²) in [7, 11) is 1.58. The Labute approximate surface area is 226 Å². The molecule has 5 nitrogen and oxygen atoms in total. The number of aliphatic carboxylic acids is 1. The molecule has 1 fully saturated rings. The number of aromatic nitrogens is 1. The molecule has 4 rings (SSSR count). The number of carbonyl (C=O) groups is 1. The first-order valence-electron chi connectivity index (χ1n) is 12.8. The number of hydrogen-bond acceptors (Lipinski definition) is 4. The average Bonchev–Trinajstić information content (AvgIpc) is 2.89. The summed E-state index contributed by atoms with van der Waals surface area (Å²) in [6.45, 7) is 1.98. The molecule has 8 heteroatoms. The predicted octanol–water partition coefficient (Wildman–Crippen LogP) is 6.68. The van der Waals surface area contributed by atoms with Crippen LogP contribution in [0.15, 0.2) is 48.7 Å². The van der Waals surface area contributed by atoms with Crippen molar-refractivity contribution < 1.29 is 23.4 Å². The minimum Gasteiger partial charge on any atom is -0.497 e. The van der Waals surface area contributed by atoms with E-state index in [1.165, 1.54) is 12.1 Å². The zero-order valence-corrected chi connectivity index (χ0v) is 22.1. The van der Waals surface area contributed by atoms with E-state index in [2.05, 4.69) is 21.7 Å². The third-order valence-electron chi connectivity index (χ3n) is 7.21. The first kappa shape index (κ1) is 27.8. The molecule has 1 aliphatic heterocycles. The minimum absolute atomic E-state index is 0.0797. The fourth-order valence-corrected chi connectivity index (χ4v) is 5.48. The molecule has 0 radical (unpaired) electrons. The first-order chi connectivity index (χ1) is 18.3. The zero-order valence-electron chi connectivity index (χ0n) is 21.3. The van der Waals surface area contributed by atoms with E-state index in [1.807, 2.05) is 18.2 Å². The molecular formula is C30H31ClF2N2O3. The number of carboxylic acid groups (broad SMARTS) is 1. The van der Waals surface area contributed by atoms with Gasteiger partial charge in [0.1, 0.15) is 17.7 Å². The van der Waals surface area contributed by atoms with Crippen molar-refractivity contribution in [1.82, 2.24) is 9.88 Å². The van der Waals surface area contributed by atoms with Crippen LogP contribution in [0.5, 0.6) is 5.75 Å². The molecule has 2 heterocycles. The van der Waals surface area contributed by atoms with Gasteiger partial charge in [0.05, 0.1) is 19.2 Å². The summed E-state index contributed by atoms with van der Waals surface area (Å²) in [6.07, 6.45) is 2.95. The van der Waals surface area contributed by atoms with Crippen LogP contribution in [-0.4, -0.2) is 47.7 Å². The number of methoxy groups -OCH3 is 1. The van der Waals surface area contributed by atoms with Crippen molar-refractivity contribution in [3.05, 3.63) is 70.6 Å². The highest BCUT2D eigenvalue weighted by Crippen LogP contribution is 2.36. The Morgan fingerprint density at radius 1 is 1.24 bits per heavy atom. The molecule has 0 amide bonds. The quantitative estimate of drug-likeness (QED) is 0.307. The highest BCUT2D eigenvalue weighted by Gasteiger charge is 2.30. The van der Waals surface area contributed by atoms with E-state index in [0.717, 1.165) is 23.9 Å². The number of piperidine rings is 1. The lowest BCUT2D eigenvalue weighted by Crippen LogP contribution is -2.41. The lowest BCUT2D eigenvalue weighted by molar-refractivity contribution is -0.137. The second-order valence-electron chi connectivity index (χ2n) is 9.76. The molecule has 2 aromatic carbocycles. The van der Waals surface area contributed by atoms with Crippen molar-refractivity contribution in [2.45, 2.75) is 38.3 Å². The van der Waals surface area contributed by atoms with Gasteiger partial charge in [0.2, 0.25) is 0 Å². The fraction of sp³-hybridized carbons (Fsp3) is 0.400. The first-order valence-corrected chi connectivity index (χ1v) is 13.2. The molecule has 0 spiro atoms. The highest BCUT2D eigenvalue weighted by molar-refractivity contribution is 6.30.